The molecule has 1 aromatic heterocycles. The fourth-order valence-electron chi connectivity index (χ4n) is 4.14. The van der Waals surface area contributed by atoms with Crippen molar-refractivity contribution < 1.29 is 19.0 Å². The number of hydrogen-bond acceptors (Lipinski definition) is 5. The highest BCUT2D eigenvalue weighted by Crippen LogP contribution is 2.28. The lowest BCUT2D eigenvalue weighted by Gasteiger charge is -2.14. The number of nitrogens with one attached hydrogen (secondary N) is 1. The van der Waals surface area contributed by atoms with Crippen molar-refractivity contribution >= 4 is 28.5 Å². The second-order valence-corrected chi connectivity index (χ2v) is 9.13. The lowest BCUT2D eigenvalue weighted by Crippen LogP contribution is -2.30. The first-order valence-electron chi connectivity index (χ1n) is 12.6. The van der Waals surface area contributed by atoms with Crippen molar-refractivity contribution in [2.24, 2.45) is 0 Å². The van der Waals surface area contributed by atoms with Crippen LogP contribution >= 0.6 is 11.6 Å². The average molecular weight is 534 g/mol. The number of hydrogen-bond donors (Lipinski definition) is 1. The van der Waals surface area contributed by atoms with E-state index < -0.39 is 0 Å². The monoisotopic (exact) mass is 533 g/mol. The van der Waals surface area contributed by atoms with Crippen molar-refractivity contribution in [1.82, 2.24) is 14.9 Å². The van der Waals surface area contributed by atoms with Gasteiger partial charge in [-0.05, 0) is 66.9 Å². The van der Waals surface area contributed by atoms with Crippen molar-refractivity contribution in [3.63, 3.8) is 0 Å². The molecule has 0 saturated heterocycles. The molecule has 38 heavy (non-hydrogen) atoms. The summed E-state index contributed by atoms with van der Waals surface area (Å²) in [5.41, 5.74) is 3.12. The predicted molar refractivity (Wildman–Crippen MR) is 150 cm³/mol. The van der Waals surface area contributed by atoms with Crippen molar-refractivity contribution in [3.8, 4) is 17.2 Å². The summed E-state index contributed by atoms with van der Waals surface area (Å²) in [6.45, 7) is 5.37. The molecule has 198 valence electrons. The number of aromatic nitrogens is 2. The van der Waals surface area contributed by atoms with E-state index in [0.29, 0.717) is 48.4 Å². The van der Waals surface area contributed by atoms with Crippen LogP contribution in [0, 0.1) is 0 Å². The average Bonchev–Trinajstić information content (AvgIpc) is 3.29. The van der Waals surface area contributed by atoms with Gasteiger partial charge in [-0.2, -0.15) is 0 Å². The molecule has 1 N–H and O–H groups in total. The molecule has 0 aliphatic carbocycles. The number of fused-ring (bicyclic) bond motifs is 1. The number of nitrogens with zero attached hydrogens (tertiary/aromatic N) is 2. The third-order valence-corrected chi connectivity index (χ3v) is 6.25. The summed E-state index contributed by atoms with van der Waals surface area (Å²) in [7, 11) is 1.64. The topological polar surface area (TPSA) is 74.6 Å². The van der Waals surface area contributed by atoms with Gasteiger partial charge >= 0.3 is 0 Å². The number of allylic oxidation sites excluding steroid dienone is 1. The first-order valence-corrected chi connectivity index (χ1v) is 12.9. The van der Waals surface area contributed by atoms with Gasteiger partial charge in [0.25, 0.3) is 5.91 Å². The largest absolute Gasteiger partial charge is 0.493 e. The zero-order valence-electron chi connectivity index (χ0n) is 21.5. The van der Waals surface area contributed by atoms with E-state index in [2.05, 4.69) is 22.5 Å². The third kappa shape index (κ3) is 7.29. The number of imidazole rings is 1. The Morgan fingerprint density at radius 2 is 1.89 bits per heavy atom. The van der Waals surface area contributed by atoms with Gasteiger partial charge in [-0.15, -0.1) is 6.58 Å². The number of benzene rings is 3. The fraction of sp³-hybridized carbons (Fsp3) is 0.267. The minimum absolute atomic E-state index is 0.0461. The summed E-state index contributed by atoms with van der Waals surface area (Å²) in [5, 5.41) is 3.53. The van der Waals surface area contributed by atoms with Crippen molar-refractivity contribution in [2.75, 3.05) is 26.9 Å². The summed E-state index contributed by atoms with van der Waals surface area (Å²) in [5.74, 6) is 2.79. The SMILES string of the molecule is C=CCc1ccc(OCCn2c(CCCNC(=O)COc3ccc(Cl)cc3)nc3ccccc32)c(OC)c1. The molecule has 0 spiro atoms. The molecule has 0 aliphatic heterocycles. The molecule has 4 aromatic rings. The Kier molecular flexibility index (Phi) is 9.65. The number of methoxy groups -OCH3 is 1. The lowest BCUT2D eigenvalue weighted by molar-refractivity contribution is -0.123. The minimum atomic E-state index is -0.171. The number of ether oxygens (including phenoxy) is 3. The van der Waals surface area contributed by atoms with E-state index in [1.54, 1.807) is 31.4 Å². The van der Waals surface area contributed by atoms with E-state index in [9.17, 15) is 4.79 Å². The summed E-state index contributed by atoms with van der Waals surface area (Å²) in [6.07, 6.45) is 4.10. The van der Waals surface area contributed by atoms with E-state index in [1.165, 1.54) is 0 Å². The van der Waals surface area contributed by atoms with Gasteiger partial charge < -0.3 is 24.1 Å². The number of halogens is 1. The molecular weight excluding hydrogens is 502 g/mol. The molecule has 1 heterocycles. The van der Waals surface area contributed by atoms with Crippen molar-refractivity contribution in [1.29, 1.82) is 0 Å². The summed E-state index contributed by atoms with van der Waals surface area (Å²) in [6, 6.07) is 20.9. The number of amides is 1. The van der Waals surface area contributed by atoms with Gasteiger partial charge in [0.05, 0.1) is 24.7 Å². The first kappa shape index (κ1) is 27.1. The van der Waals surface area contributed by atoms with Crippen LogP contribution in [-0.2, 0) is 24.2 Å². The Hall–Kier alpha value is -3.97. The molecule has 0 radical (unpaired) electrons. The Balaban J connectivity index is 1.31. The number of carbonyl (C=O) groups is 1. The minimum Gasteiger partial charge on any atom is -0.493 e. The molecule has 0 fully saturated rings. The van der Waals surface area contributed by atoms with Gasteiger partial charge in [0.15, 0.2) is 18.1 Å². The molecule has 0 bridgehead atoms. The quantitative estimate of drug-likeness (QED) is 0.168. The Labute approximate surface area is 228 Å². The molecule has 0 saturated carbocycles. The zero-order chi connectivity index (χ0) is 26.7. The maximum absolute atomic E-state index is 12.2. The van der Waals surface area contributed by atoms with Crippen LogP contribution in [0.25, 0.3) is 11.0 Å². The van der Waals surface area contributed by atoms with E-state index in [-0.39, 0.29) is 12.5 Å². The number of aryl methyl sites for hydroxylation is 1. The van der Waals surface area contributed by atoms with Crippen LogP contribution < -0.4 is 19.5 Å². The molecule has 8 heteroatoms. The second-order valence-electron chi connectivity index (χ2n) is 8.69. The van der Waals surface area contributed by atoms with E-state index in [0.717, 1.165) is 35.3 Å². The van der Waals surface area contributed by atoms with E-state index >= 15 is 0 Å². The Morgan fingerprint density at radius 3 is 2.68 bits per heavy atom. The molecule has 0 atom stereocenters. The first-order chi connectivity index (χ1) is 18.6. The molecule has 1 amide bonds. The number of rotatable bonds is 14. The van der Waals surface area contributed by atoms with Crippen LogP contribution in [0.4, 0.5) is 0 Å². The molecule has 4 rings (SSSR count). The van der Waals surface area contributed by atoms with Crippen LogP contribution in [0.3, 0.4) is 0 Å². The maximum atomic E-state index is 12.2. The van der Waals surface area contributed by atoms with Crippen LogP contribution in [-0.4, -0.2) is 42.3 Å². The molecule has 3 aromatic carbocycles. The van der Waals surface area contributed by atoms with E-state index in [1.807, 2.05) is 42.5 Å². The number of para-hydroxylation sites is 2. The van der Waals surface area contributed by atoms with Gasteiger partial charge in [-0.25, -0.2) is 4.98 Å². The zero-order valence-corrected chi connectivity index (χ0v) is 22.2. The van der Waals surface area contributed by atoms with Crippen LogP contribution in [0.1, 0.15) is 17.8 Å². The molecule has 0 aliphatic rings. The smallest absolute Gasteiger partial charge is 0.257 e. The predicted octanol–water partition coefficient (Wildman–Crippen LogP) is 5.63. The van der Waals surface area contributed by atoms with Gasteiger partial charge in [0, 0.05) is 18.0 Å². The standard InChI is InChI=1S/C30H32ClN3O4/c1-3-7-22-11-16-27(28(20-22)36-2)37-19-18-34-26-9-5-4-8-25(26)33-29(34)10-6-17-32-30(35)21-38-24-14-12-23(31)13-15-24/h3-5,8-9,11-16,20H,1,6-7,10,17-19,21H2,2H3,(H,32,35). The summed E-state index contributed by atoms with van der Waals surface area (Å²) >= 11 is 5.87. The highest BCUT2D eigenvalue weighted by molar-refractivity contribution is 6.30. The van der Waals surface area contributed by atoms with Gasteiger partial charge in [0.2, 0.25) is 0 Å². The fourth-order valence-corrected chi connectivity index (χ4v) is 4.27. The van der Waals surface area contributed by atoms with Crippen LogP contribution in [0.5, 0.6) is 17.2 Å². The number of carbonyl (C=O) groups excluding carboxylic acids is 1. The highest BCUT2D eigenvalue weighted by atomic mass is 35.5. The third-order valence-electron chi connectivity index (χ3n) is 6.00. The summed E-state index contributed by atoms with van der Waals surface area (Å²) in [4.78, 5) is 17.0. The lowest BCUT2D eigenvalue weighted by atomic mass is 10.1. The Bertz CT molecular complexity index is 1370. The maximum Gasteiger partial charge on any atom is 0.257 e. The summed E-state index contributed by atoms with van der Waals surface area (Å²) < 4.78 is 19.3. The normalized spacial score (nSPS) is 10.8. The second kappa shape index (κ2) is 13.5. The Morgan fingerprint density at radius 1 is 1.08 bits per heavy atom. The molecular formula is C30H32ClN3O4. The van der Waals surface area contributed by atoms with Crippen LogP contribution in [0.15, 0.2) is 79.4 Å². The highest BCUT2D eigenvalue weighted by Gasteiger charge is 2.12. The van der Waals surface area contributed by atoms with Gasteiger partial charge in [0.1, 0.15) is 18.2 Å². The molecule has 0 unspecified atom stereocenters. The van der Waals surface area contributed by atoms with Gasteiger partial charge in [-0.3, -0.25) is 4.79 Å². The van der Waals surface area contributed by atoms with Crippen molar-refractivity contribution in [3.05, 3.63) is 95.8 Å². The van der Waals surface area contributed by atoms with Crippen molar-refractivity contribution in [2.45, 2.75) is 25.8 Å². The molecule has 7 nitrogen and oxygen atoms in total. The van der Waals surface area contributed by atoms with Crippen LogP contribution in [0.2, 0.25) is 5.02 Å². The van der Waals surface area contributed by atoms with Gasteiger partial charge in [-0.1, -0.05) is 35.9 Å². The van der Waals surface area contributed by atoms with E-state index in [4.69, 9.17) is 30.8 Å².